The first kappa shape index (κ1) is 19.0. The van der Waals surface area contributed by atoms with E-state index in [1.54, 1.807) is 23.6 Å². The summed E-state index contributed by atoms with van der Waals surface area (Å²) in [6.07, 6.45) is 2.13. The predicted octanol–water partition coefficient (Wildman–Crippen LogP) is 3.27. The number of aryl methyl sites for hydroxylation is 1. The molecule has 0 spiro atoms. The van der Waals surface area contributed by atoms with Gasteiger partial charge in [-0.3, -0.25) is 4.79 Å². The summed E-state index contributed by atoms with van der Waals surface area (Å²) in [6, 6.07) is 8.13. The molecule has 0 saturated carbocycles. The molecule has 0 aliphatic carbocycles. The third-order valence-corrected chi connectivity index (χ3v) is 7.72. The highest BCUT2D eigenvalue weighted by molar-refractivity contribution is 7.91. The second kappa shape index (κ2) is 7.85. The summed E-state index contributed by atoms with van der Waals surface area (Å²) >= 11 is 1.17. The Labute approximate surface area is 157 Å². The highest BCUT2D eigenvalue weighted by Gasteiger charge is 2.26. The van der Waals surface area contributed by atoms with Crippen molar-refractivity contribution in [2.75, 3.05) is 25.0 Å². The van der Waals surface area contributed by atoms with E-state index in [0.717, 1.165) is 18.4 Å². The van der Waals surface area contributed by atoms with E-state index in [2.05, 4.69) is 0 Å². The van der Waals surface area contributed by atoms with Crippen molar-refractivity contribution in [3.8, 4) is 0 Å². The number of hydrogen-bond donors (Lipinski definition) is 0. The lowest BCUT2D eigenvalue weighted by Crippen LogP contribution is -2.36. The fourth-order valence-electron chi connectivity index (χ4n) is 3.12. The number of fused-ring (bicyclic) bond motifs is 1. The Morgan fingerprint density at radius 2 is 2.12 bits per heavy atom. The van der Waals surface area contributed by atoms with E-state index in [1.165, 1.54) is 33.7 Å². The van der Waals surface area contributed by atoms with E-state index >= 15 is 0 Å². The average Bonchev–Trinajstić information content (AvgIpc) is 3.16. The van der Waals surface area contributed by atoms with Gasteiger partial charge >= 0.3 is 0 Å². The number of carbonyl (C=O) groups is 1. The van der Waals surface area contributed by atoms with Crippen molar-refractivity contribution in [3.63, 3.8) is 0 Å². The second-order valence-corrected chi connectivity index (χ2v) is 9.48. The number of thiophene rings is 1. The Kier molecular flexibility index (Phi) is 5.74. The van der Waals surface area contributed by atoms with Crippen LogP contribution in [0.3, 0.4) is 0 Å². The lowest BCUT2D eigenvalue weighted by molar-refractivity contribution is -0.118. The minimum atomic E-state index is -3.51. The van der Waals surface area contributed by atoms with E-state index in [0.29, 0.717) is 22.9 Å². The smallest absolute Gasteiger partial charge is 0.252 e. The number of benzene rings is 1. The van der Waals surface area contributed by atoms with Crippen molar-refractivity contribution in [1.82, 2.24) is 4.31 Å². The van der Waals surface area contributed by atoms with Gasteiger partial charge in [-0.15, -0.1) is 11.3 Å². The summed E-state index contributed by atoms with van der Waals surface area (Å²) in [4.78, 5) is 14.1. The average molecular weight is 397 g/mol. The van der Waals surface area contributed by atoms with Crippen LogP contribution in [-0.2, 0) is 21.2 Å². The number of anilines is 1. The van der Waals surface area contributed by atoms with Gasteiger partial charge in [-0.05, 0) is 42.3 Å². The summed E-state index contributed by atoms with van der Waals surface area (Å²) in [7, 11) is -2.00. The van der Waals surface area contributed by atoms with Gasteiger partial charge < -0.3 is 4.90 Å². The van der Waals surface area contributed by atoms with Gasteiger partial charge in [0.15, 0.2) is 0 Å². The molecular formula is C18H21FN2O3S2. The van der Waals surface area contributed by atoms with Crippen LogP contribution in [0.5, 0.6) is 0 Å². The van der Waals surface area contributed by atoms with Gasteiger partial charge in [0.05, 0.1) is 5.69 Å². The van der Waals surface area contributed by atoms with Crippen LogP contribution in [-0.4, -0.2) is 38.8 Å². The molecule has 8 heteroatoms. The number of carbonyl (C=O) groups excluding carboxylic acids is 1. The molecule has 0 atom stereocenters. The van der Waals surface area contributed by atoms with Gasteiger partial charge in [0.25, 0.3) is 10.0 Å². The number of amides is 1. The Morgan fingerprint density at radius 1 is 1.31 bits per heavy atom. The molecule has 2 heterocycles. The number of nitrogens with zero attached hydrogens (tertiary/aromatic N) is 2. The van der Waals surface area contributed by atoms with E-state index in [-0.39, 0.29) is 24.7 Å². The van der Waals surface area contributed by atoms with E-state index in [9.17, 15) is 17.6 Å². The van der Waals surface area contributed by atoms with Crippen molar-refractivity contribution in [3.05, 3.63) is 47.1 Å². The van der Waals surface area contributed by atoms with Crippen LogP contribution >= 0.6 is 11.3 Å². The SMILES string of the molecule is CN(CCCC(=O)N1CCCc2cccc(F)c21)S(=O)(=O)c1cccs1. The second-order valence-electron chi connectivity index (χ2n) is 6.26. The maximum atomic E-state index is 14.2. The Morgan fingerprint density at radius 3 is 2.85 bits per heavy atom. The summed E-state index contributed by atoms with van der Waals surface area (Å²) in [6.45, 7) is 0.736. The van der Waals surface area contributed by atoms with Crippen LogP contribution in [0.15, 0.2) is 39.9 Å². The zero-order chi connectivity index (χ0) is 18.7. The molecule has 0 N–H and O–H groups in total. The van der Waals surface area contributed by atoms with Crippen molar-refractivity contribution in [2.45, 2.75) is 29.9 Å². The number of para-hydroxylation sites is 1. The van der Waals surface area contributed by atoms with Crippen molar-refractivity contribution >= 4 is 33.0 Å². The number of hydrogen-bond acceptors (Lipinski definition) is 4. The topological polar surface area (TPSA) is 57.7 Å². The molecule has 0 saturated heterocycles. The van der Waals surface area contributed by atoms with Gasteiger partial charge in [-0.2, -0.15) is 0 Å². The third-order valence-electron chi connectivity index (χ3n) is 4.49. The molecule has 1 aromatic carbocycles. The monoisotopic (exact) mass is 396 g/mol. The first-order chi connectivity index (χ1) is 12.4. The highest BCUT2D eigenvalue weighted by Crippen LogP contribution is 2.30. The van der Waals surface area contributed by atoms with E-state index < -0.39 is 10.0 Å². The van der Waals surface area contributed by atoms with Crippen molar-refractivity contribution in [2.24, 2.45) is 0 Å². The zero-order valence-electron chi connectivity index (χ0n) is 14.5. The van der Waals surface area contributed by atoms with Crippen LogP contribution in [0.1, 0.15) is 24.8 Å². The highest BCUT2D eigenvalue weighted by atomic mass is 32.2. The number of rotatable bonds is 6. The van der Waals surface area contributed by atoms with Gasteiger partial charge in [-0.1, -0.05) is 18.2 Å². The predicted molar refractivity (Wildman–Crippen MR) is 100 cm³/mol. The van der Waals surface area contributed by atoms with Gasteiger partial charge in [0, 0.05) is 26.6 Å². The Bertz CT molecular complexity index is 882. The third kappa shape index (κ3) is 3.82. The summed E-state index contributed by atoms with van der Waals surface area (Å²) in [5.41, 5.74) is 1.23. The molecular weight excluding hydrogens is 375 g/mol. The van der Waals surface area contributed by atoms with Crippen molar-refractivity contribution in [1.29, 1.82) is 0 Å². The largest absolute Gasteiger partial charge is 0.309 e. The molecule has 1 aliphatic rings. The minimum Gasteiger partial charge on any atom is -0.309 e. The van der Waals surface area contributed by atoms with Crippen LogP contribution in [0.25, 0.3) is 0 Å². The molecule has 1 amide bonds. The number of sulfonamides is 1. The maximum Gasteiger partial charge on any atom is 0.252 e. The standard InChI is InChI=1S/C18H21FN2O3S2/c1-20(26(23,24)17-10-5-13-25-17)11-4-9-16(22)21-12-3-7-14-6-2-8-15(19)18(14)21/h2,5-6,8,10,13H,3-4,7,9,11-12H2,1H3. The summed E-state index contributed by atoms with van der Waals surface area (Å²) in [5.74, 6) is -0.550. The minimum absolute atomic E-state index is 0.169. The molecule has 140 valence electrons. The van der Waals surface area contributed by atoms with Crippen LogP contribution < -0.4 is 4.90 Å². The zero-order valence-corrected chi connectivity index (χ0v) is 16.2. The quantitative estimate of drug-likeness (QED) is 0.753. The van der Waals surface area contributed by atoms with Crippen LogP contribution in [0.4, 0.5) is 10.1 Å². The van der Waals surface area contributed by atoms with Gasteiger partial charge in [-0.25, -0.2) is 17.1 Å². The normalized spacial score (nSPS) is 14.5. The molecule has 3 rings (SSSR count). The fraction of sp³-hybridized carbons (Fsp3) is 0.389. The van der Waals surface area contributed by atoms with Gasteiger partial charge in [0.1, 0.15) is 10.0 Å². The Balaban J connectivity index is 1.61. The Hall–Kier alpha value is -1.77. The molecule has 2 aromatic rings. The summed E-state index contributed by atoms with van der Waals surface area (Å²) < 4.78 is 40.5. The fourth-order valence-corrected chi connectivity index (χ4v) is 5.54. The molecule has 0 bridgehead atoms. The molecule has 5 nitrogen and oxygen atoms in total. The molecule has 1 aliphatic heterocycles. The first-order valence-corrected chi connectivity index (χ1v) is 10.8. The molecule has 0 fully saturated rings. The lowest BCUT2D eigenvalue weighted by Gasteiger charge is -2.30. The lowest BCUT2D eigenvalue weighted by atomic mass is 10.0. The summed E-state index contributed by atoms with van der Waals surface area (Å²) in [5, 5.41) is 1.71. The first-order valence-electron chi connectivity index (χ1n) is 8.49. The van der Waals surface area contributed by atoms with Crippen LogP contribution in [0.2, 0.25) is 0 Å². The molecule has 26 heavy (non-hydrogen) atoms. The molecule has 1 aromatic heterocycles. The van der Waals surface area contributed by atoms with E-state index in [4.69, 9.17) is 0 Å². The molecule has 0 radical (unpaired) electrons. The number of halogens is 1. The van der Waals surface area contributed by atoms with Gasteiger partial charge in [0.2, 0.25) is 5.91 Å². The van der Waals surface area contributed by atoms with Crippen molar-refractivity contribution < 1.29 is 17.6 Å². The van der Waals surface area contributed by atoms with Crippen LogP contribution in [0, 0.1) is 5.82 Å². The van der Waals surface area contributed by atoms with E-state index in [1.807, 2.05) is 6.07 Å². The maximum absolute atomic E-state index is 14.2. The molecule has 0 unspecified atom stereocenters.